The Kier molecular flexibility index (Phi) is 6.92. The molecule has 0 amide bonds. The topological polar surface area (TPSA) is 100 Å². The Bertz CT molecular complexity index is 1560. The Morgan fingerprint density at radius 2 is 1.92 bits per heavy atom. The molecule has 9 heteroatoms. The van der Waals surface area contributed by atoms with Crippen LogP contribution in [0.1, 0.15) is 18.2 Å². The summed E-state index contributed by atoms with van der Waals surface area (Å²) in [6.45, 7) is 1.96. The van der Waals surface area contributed by atoms with Crippen molar-refractivity contribution in [2.45, 2.75) is 17.4 Å². The molecule has 7 nitrogen and oxygen atoms in total. The fourth-order valence-corrected chi connectivity index (χ4v) is 5.45. The summed E-state index contributed by atoms with van der Waals surface area (Å²) in [6, 6.07) is 19.4. The molecule has 5 aromatic rings. The summed E-state index contributed by atoms with van der Waals surface area (Å²) in [6.07, 6.45) is 3.26. The molecular weight excluding hydrogens is 493 g/mol. The lowest BCUT2D eigenvalue weighted by Gasteiger charge is -2.22. The molecule has 37 heavy (non-hydrogen) atoms. The number of nitrogens with one attached hydrogen (secondary N) is 2. The van der Waals surface area contributed by atoms with E-state index >= 15 is 4.39 Å². The third kappa shape index (κ3) is 4.93. The lowest BCUT2D eigenvalue weighted by atomic mass is 9.93. The number of imidazole rings is 1. The molecule has 0 saturated heterocycles. The zero-order chi connectivity index (χ0) is 26.0. The molecule has 2 atom stereocenters. The highest BCUT2D eigenvalue weighted by Gasteiger charge is 2.28. The van der Waals surface area contributed by atoms with E-state index in [1.807, 2.05) is 36.4 Å². The average molecular weight is 520 g/mol. The Labute approximate surface area is 215 Å². The van der Waals surface area contributed by atoms with E-state index in [1.54, 1.807) is 43.6 Å². The van der Waals surface area contributed by atoms with Crippen molar-refractivity contribution in [2.75, 3.05) is 19.5 Å². The van der Waals surface area contributed by atoms with E-state index in [1.165, 1.54) is 13.2 Å². The van der Waals surface area contributed by atoms with E-state index in [0.717, 1.165) is 5.56 Å². The molecule has 0 radical (unpaired) electrons. The molecule has 3 N–H and O–H groups in total. The summed E-state index contributed by atoms with van der Waals surface area (Å²) in [5, 5.41) is 11.8. The minimum atomic E-state index is -1.55. The molecule has 0 aliphatic carbocycles. The molecule has 0 fully saturated rings. The number of H-pyrrole nitrogens is 2. The first-order chi connectivity index (χ1) is 17.9. The Morgan fingerprint density at radius 3 is 2.70 bits per heavy atom. The maximum atomic E-state index is 15.2. The fourth-order valence-electron chi connectivity index (χ4n) is 4.16. The second-order valence-corrected chi connectivity index (χ2v) is 10.2. The van der Waals surface area contributed by atoms with Crippen LogP contribution in [0.25, 0.3) is 22.3 Å². The van der Waals surface area contributed by atoms with Crippen LogP contribution in [-0.4, -0.2) is 43.7 Å². The molecule has 0 spiro atoms. The van der Waals surface area contributed by atoms with Crippen molar-refractivity contribution in [2.24, 2.45) is 0 Å². The van der Waals surface area contributed by atoms with Gasteiger partial charge in [-0.2, -0.15) is 0 Å². The quantitative estimate of drug-likeness (QED) is 0.239. The number of hydrogen-bond acceptors (Lipinski definition) is 5. The molecule has 0 aliphatic rings. The molecule has 2 unspecified atom stereocenters. The molecule has 0 saturated carbocycles. The van der Waals surface area contributed by atoms with E-state index < -0.39 is 22.2 Å². The number of fused-ring (bicyclic) bond motifs is 1. The van der Waals surface area contributed by atoms with Crippen LogP contribution in [-0.2, 0) is 21.1 Å². The molecule has 0 aliphatic heterocycles. The second-order valence-electron chi connectivity index (χ2n) is 8.71. The van der Waals surface area contributed by atoms with Crippen LogP contribution >= 0.6 is 0 Å². The van der Waals surface area contributed by atoms with Crippen LogP contribution in [0.2, 0.25) is 0 Å². The van der Waals surface area contributed by atoms with E-state index in [0.29, 0.717) is 33.7 Å². The van der Waals surface area contributed by atoms with Crippen molar-refractivity contribution >= 4 is 21.7 Å². The maximum Gasteiger partial charge on any atom is 0.179 e. The summed E-state index contributed by atoms with van der Waals surface area (Å²) in [5.41, 5.74) is 1.20. The van der Waals surface area contributed by atoms with E-state index in [2.05, 4.69) is 15.0 Å². The third-order valence-electron chi connectivity index (χ3n) is 6.18. The number of hydrogen-bond donors (Lipinski definition) is 3. The summed E-state index contributed by atoms with van der Waals surface area (Å²) >= 11 is 0. The van der Waals surface area contributed by atoms with Gasteiger partial charge in [0.1, 0.15) is 17.2 Å². The number of aromatic amines is 2. The van der Waals surface area contributed by atoms with Gasteiger partial charge < -0.3 is 24.5 Å². The van der Waals surface area contributed by atoms with Gasteiger partial charge in [0.25, 0.3) is 0 Å². The van der Waals surface area contributed by atoms with Gasteiger partial charge in [0.15, 0.2) is 11.6 Å². The zero-order valence-electron chi connectivity index (χ0n) is 20.3. The maximum absolute atomic E-state index is 15.2. The van der Waals surface area contributed by atoms with Crippen molar-refractivity contribution in [3.63, 3.8) is 0 Å². The van der Waals surface area contributed by atoms with Crippen molar-refractivity contribution in [3.8, 4) is 22.9 Å². The van der Waals surface area contributed by atoms with Gasteiger partial charge in [0.05, 0.1) is 39.9 Å². The number of benzene rings is 3. The van der Waals surface area contributed by atoms with Crippen LogP contribution in [0.4, 0.5) is 4.39 Å². The van der Waals surface area contributed by atoms with Crippen LogP contribution in [0.15, 0.2) is 84.0 Å². The van der Waals surface area contributed by atoms with Gasteiger partial charge in [-0.25, -0.2) is 9.37 Å². The molecule has 5 rings (SSSR count). The number of aliphatic hydroxyl groups is 1. The van der Waals surface area contributed by atoms with Crippen molar-refractivity contribution in [3.05, 3.63) is 96.2 Å². The summed E-state index contributed by atoms with van der Waals surface area (Å²) in [4.78, 5) is 10.9. The minimum absolute atomic E-state index is 0.0918. The Balaban J connectivity index is 1.48. The van der Waals surface area contributed by atoms with Crippen LogP contribution in [0.3, 0.4) is 0 Å². The number of rotatable bonds is 9. The largest absolute Gasteiger partial charge is 0.453 e. The van der Waals surface area contributed by atoms with Gasteiger partial charge >= 0.3 is 0 Å². The van der Waals surface area contributed by atoms with Crippen molar-refractivity contribution < 1.29 is 23.2 Å². The molecule has 2 heterocycles. The number of aromatic nitrogens is 3. The SMILES string of the molecule is COCCS(=O)c1c(Oc2cccc(-c3ncc(C(C)(O)c4ccccc4)[nH]3)c2)c(F)cc2[nH]ccc12. The first-order valence-corrected chi connectivity index (χ1v) is 13.0. The fraction of sp³-hybridized carbons (Fsp3) is 0.179. The minimum Gasteiger partial charge on any atom is -0.453 e. The van der Waals surface area contributed by atoms with Gasteiger partial charge in [-0.1, -0.05) is 42.5 Å². The van der Waals surface area contributed by atoms with Gasteiger partial charge in [0, 0.05) is 35.8 Å². The van der Waals surface area contributed by atoms with Crippen LogP contribution < -0.4 is 4.74 Å². The normalized spacial score (nSPS) is 13.9. The van der Waals surface area contributed by atoms with Gasteiger partial charge in [-0.3, -0.25) is 4.21 Å². The van der Waals surface area contributed by atoms with E-state index in [9.17, 15) is 9.32 Å². The predicted octanol–water partition coefficient (Wildman–Crippen LogP) is 5.50. The smallest absolute Gasteiger partial charge is 0.179 e. The number of halogens is 1. The lowest BCUT2D eigenvalue weighted by Crippen LogP contribution is -2.23. The zero-order valence-corrected chi connectivity index (χ0v) is 21.1. The van der Waals surface area contributed by atoms with Gasteiger partial charge in [0.2, 0.25) is 0 Å². The molecule has 2 aromatic heterocycles. The molecule has 0 bridgehead atoms. The van der Waals surface area contributed by atoms with E-state index in [-0.39, 0.29) is 23.0 Å². The number of ether oxygens (including phenoxy) is 2. The lowest BCUT2D eigenvalue weighted by molar-refractivity contribution is 0.0979. The standard InChI is InChI=1S/C28H26FN3O4S/c1-28(33,19-8-4-3-5-9-19)24-17-31-27(32-24)18-7-6-10-20(15-18)36-25-22(29)16-23-21(11-12-30-23)26(25)37(34)14-13-35-2/h3-12,15-17,30,33H,13-14H2,1-2H3,(H,31,32). The summed E-state index contributed by atoms with van der Waals surface area (Å²) < 4.78 is 39.4. The molecule has 190 valence electrons. The summed E-state index contributed by atoms with van der Waals surface area (Å²) in [5.74, 6) is 0.352. The molecular formula is C28H26FN3O4S. The van der Waals surface area contributed by atoms with Crippen LogP contribution in [0.5, 0.6) is 11.5 Å². The van der Waals surface area contributed by atoms with Gasteiger partial charge in [-0.05, 0) is 30.7 Å². The van der Waals surface area contributed by atoms with E-state index in [4.69, 9.17) is 9.47 Å². The second kappa shape index (κ2) is 10.3. The highest BCUT2D eigenvalue weighted by molar-refractivity contribution is 7.85. The number of nitrogens with zero attached hydrogens (tertiary/aromatic N) is 1. The predicted molar refractivity (Wildman–Crippen MR) is 141 cm³/mol. The first kappa shape index (κ1) is 24.9. The van der Waals surface area contributed by atoms with Gasteiger partial charge in [-0.15, -0.1) is 0 Å². The third-order valence-corrected chi connectivity index (χ3v) is 7.58. The molecule has 3 aromatic carbocycles. The summed E-state index contributed by atoms with van der Waals surface area (Å²) in [7, 11) is -0.0297. The highest BCUT2D eigenvalue weighted by Crippen LogP contribution is 2.38. The van der Waals surface area contributed by atoms with Crippen LogP contribution in [0, 0.1) is 5.82 Å². The highest BCUT2D eigenvalue weighted by atomic mass is 32.2. The Hall–Kier alpha value is -3.79. The Morgan fingerprint density at radius 1 is 1.11 bits per heavy atom. The first-order valence-electron chi connectivity index (χ1n) is 11.7. The monoisotopic (exact) mass is 519 g/mol. The van der Waals surface area contributed by atoms with Crippen molar-refractivity contribution in [1.29, 1.82) is 0 Å². The average Bonchev–Trinajstić information content (AvgIpc) is 3.59. The number of methoxy groups -OCH3 is 1. The van der Waals surface area contributed by atoms with Crippen molar-refractivity contribution in [1.82, 2.24) is 15.0 Å².